The maximum atomic E-state index is 11.7. The second kappa shape index (κ2) is 7.88. The van der Waals surface area contributed by atoms with Gasteiger partial charge in [0.2, 0.25) is 0 Å². The van der Waals surface area contributed by atoms with Crippen LogP contribution in [0.5, 0.6) is 11.5 Å². The fourth-order valence-electron chi connectivity index (χ4n) is 1.71. The summed E-state index contributed by atoms with van der Waals surface area (Å²) in [4.78, 5) is 11.7. The molecule has 0 aliphatic carbocycles. The Morgan fingerprint density at radius 3 is 2.48 bits per heavy atom. The zero-order chi connectivity index (χ0) is 15.9. The summed E-state index contributed by atoms with van der Waals surface area (Å²) in [6.07, 6.45) is 0.0668. The van der Waals surface area contributed by atoms with E-state index >= 15 is 0 Å². The molecule has 1 amide bonds. The second-order valence-corrected chi connectivity index (χ2v) is 5.96. The lowest BCUT2D eigenvalue weighted by Gasteiger charge is -2.25. The molecule has 0 aliphatic rings. The Morgan fingerprint density at radius 2 is 1.90 bits per heavy atom. The first-order chi connectivity index (χ1) is 9.84. The lowest BCUT2D eigenvalue weighted by molar-refractivity contribution is -0.123. The Balaban J connectivity index is 2.32. The molecule has 0 heterocycles. The van der Waals surface area contributed by atoms with Gasteiger partial charge in [-0.3, -0.25) is 4.79 Å². The average Bonchev–Trinajstić information content (AvgIpc) is 2.44. The number of rotatable bonds is 7. The summed E-state index contributed by atoms with van der Waals surface area (Å²) < 4.78 is 10.6. The molecule has 0 fully saturated rings. The number of aliphatic hydroxyl groups is 1. The van der Waals surface area contributed by atoms with Crippen molar-refractivity contribution in [3.63, 3.8) is 0 Å². The van der Waals surface area contributed by atoms with Crippen LogP contribution in [0.2, 0.25) is 0 Å². The predicted molar refractivity (Wildman–Crippen MR) is 81.6 cm³/mol. The fourth-order valence-corrected chi connectivity index (χ4v) is 1.71. The maximum Gasteiger partial charge on any atom is 0.257 e. The van der Waals surface area contributed by atoms with Crippen LogP contribution in [0.4, 0.5) is 0 Å². The third kappa shape index (κ3) is 6.04. The first-order valence-corrected chi connectivity index (χ1v) is 7.05. The van der Waals surface area contributed by atoms with E-state index in [0.717, 1.165) is 0 Å². The second-order valence-electron chi connectivity index (χ2n) is 5.96. The Hall–Kier alpha value is -1.75. The first kappa shape index (κ1) is 17.3. The van der Waals surface area contributed by atoms with Gasteiger partial charge in [0.25, 0.3) is 5.91 Å². The number of hydrogen-bond donors (Lipinski definition) is 2. The minimum atomic E-state index is -0.451. The molecule has 0 bridgehead atoms. The molecule has 1 atom stereocenters. The van der Waals surface area contributed by atoms with Crippen LogP contribution in [-0.2, 0) is 4.79 Å². The van der Waals surface area contributed by atoms with Crippen molar-refractivity contribution in [1.82, 2.24) is 5.32 Å². The quantitative estimate of drug-likeness (QED) is 0.807. The molecule has 5 nitrogen and oxygen atoms in total. The molecule has 1 aromatic rings. The van der Waals surface area contributed by atoms with Gasteiger partial charge in [-0.25, -0.2) is 0 Å². The van der Waals surface area contributed by atoms with Gasteiger partial charge >= 0.3 is 0 Å². The van der Waals surface area contributed by atoms with Crippen LogP contribution in [0.25, 0.3) is 0 Å². The summed E-state index contributed by atoms with van der Waals surface area (Å²) in [5.74, 6) is 0.903. The smallest absolute Gasteiger partial charge is 0.257 e. The van der Waals surface area contributed by atoms with Gasteiger partial charge in [-0.15, -0.1) is 0 Å². The van der Waals surface area contributed by atoms with Crippen molar-refractivity contribution < 1.29 is 19.4 Å². The number of nitrogens with one attached hydrogen (secondary N) is 1. The molecule has 0 radical (unpaired) electrons. The number of methoxy groups -OCH3 is 1. The summed E-state index contributed by atoms with van der Waals surface area (Å²) in [6, 6.07) is 7.16. The molecule has 1 rings (SSSR count). The van der Waals surface area contributed by atoms with Crippen molar-refractivity contribution in [2.45, 2.75) is 33.3 Å². The number of carbonyl (C=O) groups excluding carboxylic acids is 1. The van der Waals surface area contributed by atoms with Crippen molar-refractivity contribution >= 4 is 5.91 Å². The summed E-state index contributed by atoms with van der Waals surface area (Å²) in [7, 11) is 1.55. The highest BCUT2D eigenvalue weighted by molar-refractivity contribution is 5.77. The number of para-hydroxylation sites is 2. The molecule has 0 saturated heterocycles. The van der Waals surface area contributed by atoms with Gasteiger partial charge in [0.15, 0.2) is 18.1 Å². The lowest BCUT2D eigenvalue weighted by atomic mass is 9.87. The van der Waals surface area contributed by atoms with E-state index in [2.05, 4.69) is 5.32 Å². The monoisotopic (exact) mass is 295 g/mol. The van der Waals surface area contributed by atoms with Crippen LogP contribution in [0.15, 0.2) is 24.3 Å². The van der Waals surface area contributed by atoms with E-state index in [-0.39, 0.29) is 17.9 Å². The standard InChI is InChI=1S/C16H25NO4/c1-16(2,3)14(18)9-10-17-15(19)11-21-13-8-6-5-7-12(13)20-4/h5-8,14,18H,9-11H2,1-4H3,(H,17,19)/t14-/m1/s1. The molecular formula is C16H25NO4. The molecule has 118 valence electrons. The van der Waals surface area contributed by atoms with Crippen molar-refractivity contribution in [1.29, 1.82) is 0 Å². The number of benzene rings is 1. The fraction of sp³-hybridized carbons (Fsp3) is 0.562. The number of carbonyl (C=O) groups is 1. The number of amides is 1. The largest absolute Gasteiger partial charge is 0.493 e. The van der Waals surface area contributed by atoms with Crippen LogP contribution in [0, 0.1) is 5.41 Å². The van der Waals surface area contributed by atoms with Crippen LogP contribution in [0.1, 0.15) is 27.2 Å². The lowest BCUT2D eigenvalue weighted by Crippen LogP contribution is -2.34. The van der Waals surface area contributed by atoms with Crippen LogP contribution in [-0.4, -0.2) is 37.4 Å². The van der Waals surface area contributed by atoms with Gasteiger partial charge in [0.1, 0.15) is 0 Å². The molecule has 0 aromatic heterocycles. The van der Waals surface area contributed by atoms with Gasteiger partial charge in [0.05, 0.1) is 13.2 Å². The van der Waals surface area contributed by atoms with Gasteiger partial charge in [0, 0.05) is 6.54 Å². The Morgan fingerprint density at radius 1 is 1.29 bits per heavy atom. The maximum absolute atomic E-state index is 11.7. The topological polar surface area (TPSA) is 67.8 Å². The Kier molecular flexibility index (Phi) is 6.49. The molecule has 1 aromatic carbocycles. The van der Waals surface area contributed by atoms with Crippen LogP contribution >= 0.6 is 0 Å². The van der Waals surface area contributed by atoms with Gasteiger partial charge in [-0.05, 0) is 24.0 Å². The zero-order valence-corrected chi connectivity index (χ0v) is 13.2. The zero-order valence-electron chi connectivity index (χ0n) is 13.2. The van der Waals surface area contributed by atoms with Crippen molar-refractivity contribution in [2.24, 2.45) is 5.41 Å². The van der Waals surface area contributed by atoms with Gasteiger partial charge in [-0.2, -0.15) is 0 Å². The van der Waals surface area contributed by atoms with Gasteiger partial charge in [-0.1, -0.05) is 32.9 Å². The third-order valence-electron chi connectivity index (χ3n) is 3.17. The van der Waals surface area contributed by atoms with E-state index in [1.54, 1.807) is 19.2 Å². The average molecular weight is 295 g/mol. The minimum Gasteiger partial charge on any atom is -0.493 e. The highest BCUT2D eigenvalue weighted by atomic mass is 16.5. The van der Waals surface area contributed by atoms with Crippen LogP contribution in [0.3, 0.4) is 0 Å². The number of aliphatic hydroxyl groups excluding tert-OH is 1. The molecule has 5 heteroatoms. The molecule has 21 heavy (non-hydrogen) atoms. The number of ether oxygens (including phenoxy) is 2. The van der Waals surface area contributed by atoms with Crippen molar-refractivity contribution in [3.8, 4) is 11.5 Å². The minimum absolute atomic E-state index is 0.0774. The molecule has 0 saturated carbocycles. The summed E-state index contributed by atoms with van der Waals surface area (Å²) in [6.45, 7) is 6.23. The highest BCUT2D eigenvalue weighted by Crippen LogP contribution is 2.25. The Labute approximate surface area is 126 Å². The Bertz CT molecular complexity index is 454. The summed E-state index contributed by atoms with van der Waals surface area (Å²) in [5.41, 5.74) is -0.182. The summed E-state index contributed by atoms with van der Waals surface area (Å²) >= 11 is 0. The first-order valence-electron chi connectivity index (χ1n) is 7.05. The normalized spacial score (nSPS) is 12.6. The highest BCUT2D eigenvalue weighted by Gasteiger charge is 2.21. The van der Waals surface area contributed by atoms with E-state index in [9.17, 15) is 9.90 Å². The van der Waals surface area contributed by atoms with Crippen LogP contribution < -0.4 is 14.8 Å². The van der Waals surface area contributed by atoms with E-state index in [4.69, 9.17) is 9.47 Å². The van der Waals surface area contributed by atoms with Crippen molar-refractivity contribution in [3.05, 3.63) is 24.3 Å². The number of hydrogen-bond acceptors (Lipinski definition) is 4. The molecule has 2 N–H and O–H groups in total. The SMILES string of the molecule is COc1ccccc1OCC(=O)NCC[C@@H](O)C(C)(C)C. The van der Waals surface area contributed by atoms with Crippen molar-refractivity contribution in [2.75, 3.05) is 20.3 Å². The van der Waals surface area contributed by atoms with Gasteiger partial charge < -0.3 is 19.9 Å². The molecule has 0 aliphatic heterocycles. The molecule has 0 unspecified atom stereocenters. The molecule has 0 spiro atoms. The third-order valence-corrected chi connectivity index (χ3v) is 3.17. The predicted octanol–water partition coefficient (Wildman–Crippen LogP) is 1.99. The molecular weight excluding hydrogens is 270 g/mol. The van der Waals surface area contributed by atoms with E-state index in [1.807, 2.05) is 32.9 Å². The van der Waals surface area contributed by atoms with E-state index in [1.165, 1.54) is 0 Å². The summed E-state index contributed by atoms with van der Waals surface area (Å²) in [5, 5.41) is 12.6. The van der Waals surface area contributed by atoms with E-state index in [0.29, 0.717) is 24.5 Å². The van der Waals surface area contributed by atoms with E-state index < -0.39 is 6.10 Å².